The molecule has 0 fully saturated rings. The minimum Gasteiger partial charge on any atom is -0.420 e. The van der Waals surface area contributed by atoms with Gasteiger partial charge < -0.3 is 8.98 Å². The van der Waals surface area contributed by atoms with Gasteiger partial charge in [0.1, 0.15) is 0 Å². The van der Waals surface area contributed by atoms with Gasteiger partial charge in [-0.05, 0) is 69.1 Å². The number of aromatic nitrogens is 1. The van der Waals surface area contributed by atoms with Crippen LogP contribution in [0.1, 0.15) is 22.3 Å². The lowest BCUT2D eigenvalue weighted by Gasteiger charge is -2.33. The SMILES string of the molecule is O=c1oc2c(ccc3c4ccccc4n(-c4ccc5c(c4)-c4ccccc4C5(c4ccccc4)c4ccccc4)c32)c2ccccc12. The van der Waals surface area contributed by atoms with Crippen molar-refractivity contribution in [3.05, 3.63) is 196 Å². The Morgan fingerprint density at radius 1 is 0.468 bits per heavy atom. The van der Waals surface area contributed by atoms with Crippen molar-refractivity contribution in [3.8, 4) is 16.8 Å². The molecule has 0 bridgehead atoms. The summed E-state index contributed by atoms with van der Waals surface area (Å²) in [4.78, 5) is 13.4. The minimum atomic E-state index is -0.466. The summed E-state index contributed by atoms with van der Waals surface area (Å²) in [6.45, 7) is 0. The summed E-state index contributed by atoms with van der Waals surface area (Å²) in [5, 5.41) is 4.58. The highest BCUT2D eigenvalue weighted by atomic mass is 16.4. The first kappa shape index (κ1) is 26.1. The summed E-state index contributed by atoms with van der Waals surface area (Å²) in [7, 11) is 0. The van der Waals surface area contributed by atoms with Crippen LogP contribution in [0.2, 0.25) is 0 Å². The van der Waals surface area contributed by atoms with Crippen molar-refractivity contribution in [1.82, 2.24) is 4.57 Å². The van der Waals surface area contributed by atoms with E-state index in [9.17, 15) is 4.79 Å². The van der Waals surface area contributed by atoms with Crippen LogP contribution in [-0.4, -0.2) is 4.57 Å². The van der Waals surface area contributed by atoms with E-state index in [1.54, 1.807) is 0 Å². The maximum atomic E-state index is 13.4. The average molecular weight is 602 g/mol. The maximum absolute atomic E-state index is 13.4. The van der Waals surface area contributed by atoms with Crippen LogP contribution in [-0.2, 0) is 5.41 Å². The predicted octanol–water partition coefficient (Wildman–Crippen LogP) is 10.4. The van der Waals surface area contributed by atoms with Crippen LogP contribution in [0, 0.1) is 0 Å². The maximum Gasteiger partial charge on any atom is 0.344 e. The molecule has 10 rings (SSSR count). The highest BCUT2D eigenvalue weighted by molar-refractivity contribution is 6.20. The second-order valence-electron chi connectivity index (χ2n) is 12.4. The molecule has 0 spiro atoms. The average Bonchev–Trinajstić information content (AvgIpc) is 3.63. The van der Waals surface area contributed by atoms with E-state index in [1.165, 1.54) is 33.4 Å². The number of para-hydroxylation sites is 1. The van der Waals surface area contributed by atoms with Gasteiger partial charge in [-0.25, -0.2) is 4.79 Å². The number of hydrogen-bond acceptors (Lipinski definition) is 2. The Labute approximate surface area is 270 Å². The molecule has 2 heterocycles. The molecule has 1 aliphatic rings. The molecule has 0 unspecified atom stereocenters. The van der Waals surface area contributed by atoms with Gasteiger partial charge in [0.2, 0.25) is 0 Å². The molecular formula is C44H27NO2. The third-order valence-corrected chi connectivity index (χ3v) is 10.1. The van der Waals surface area contributed by atoms with E-state index < -0.39 is 5.41 Å². The summed E-state index contributed by atoms with van der Waals surface area (Å²) in [6, 6.07) is 57.8. The van der Waals surface area contributed by atoms with E-state index >= 15 is 0 Å². The lowest BCUT2D eigenvalue weighted by molar-refractivity contribution is 0.572. The van der Waals surface area contributed by atoms with Crippen molar-refractivity contribution in [1.29, 1.82) is 0 Å². The summed E-state index contributed by atoms with van der Waals surface area (Å²) in [6.07, 6.45) is 0. The molecule has 9 aromatic rings. The Morgan fingerprint density at radius 3 is 1.83 bits per heavy atom. The monoisotopic (exact) mass is 601 g/mol. The van der Waals surface area contributed by atoms with E-state index in [1.807, 2.05) is 24.3 Å². The molecular weight excluding hydrogens is 574 g/mol. The van der Waals surface area contributed by atoms with Crippen LogP contribution < -0.4 is 5.63 Å². The van der Waals surface area contributed by atoms with Gasteiger partial charge in [0, 0.05) is 21.8 Å². The van der Waals surface area contributed by atoms with Crippen LogP contribution in [0.25, 0.3) is 60.4 Å². The van der Waals surface area contributed by atoms with Crippen molar-refractivity contribution in [2.24, 2.45) is 0 Å². The summed E-state index contributed by atoms with van der Waals surface area (Å²) in [5.41, 5.74) is 10.2. The van der Waals surface area contributed by atoms with E-state index in [4.69, 9.17) is 4.42 Å². The minimum absolute atomic E-state index is 0.323. The second kappa shape index (κ2) is 9.65. The van der Waals surface area contributed by atoms with Crippen molar-refractivity contribution in [2.75, 3.05) is 0 Å². The molecule has 1 aliphatic carbocycles. The first-order chi connectivity index (χ1) is 23.2. The third kappa shape index (κ3) is 3.43. The molecule has 47 heavy (non-hydrogen) atoms. The molecule has 2 aromatic heterocycles. The summed E-state index contributed by atoms with van der Waals surface area (Å²) < 4.78 is 8.48. The highest BCUT2D eigenvalue weighted by Crippen LogP contribution is 2.56. The van der Waals surface area contributed by atoms with E-state index in [-0.39, 0.29) is 5.63 Å². The smallest absolute Gasteiger partial charge is 0.344 e. The topological polar surface area (TPSA) is 35.1 Å². The fraction of sp³-hybridized carbons (Fsp3) is 0.0227. The van der Waals surface area contributed by atoms with Crippen molar-refractivity contribution >= 4 is 43.5 Å². The lowest BCUT2D eigenvalue weighted by atomic mass is 9.68. The normalized spacial score (nSPS) is 13.4. The Hall–Kier alpha value is -6.19. The molecule has 0 N–H and O–H groups in total. The molecule has 3 nitrogen and oxygen atoms in total. The summed E-state index contributed by atoms with van der Waals surface area (Å²) in [5.74, 6) is 0. The van der Waals surface area contributed by atoms with Gasteiger partial charge >= 0.3 is 5.63 Å². The zero-order valence-corrected chi connectivity index (χ0v) is 25.4. The quantitative estimate of drug-likeness (QED) is 0.149. The van der Waals surface area contributed by atoms with Gasteiger partial charge in [-0.3, -0.25) is 0 Å². The number of nitrogens with zero attached hydrogens (tertiary/aromatic N) is 1. The Balaban J connectivity index is 1.33. The van der Waals surface area contributed by atoms with E-state index in [0.717, 1.165) is 38.3 Å². The van der Waals surface area contributed by atoms with Crippen LogP contribution in [0.15, 0.2) is 173 Å². The zero-order chi connectivity index (χ0) is 31.1. The lowest BCUT2D eigenvalue weighted by Crippen LogP contribution is -2.28. The Kier molecular flexibility index (Phi) is 5.35. The zero-order valence-electron chi connectivity index (χ0n) is 25.4. The largest absolute Gasteiger partial charge is 0.420 e. The fourth-order valence-corrected chi connectivity index (χ4v) is 8.23. The van der Waals surface area contributed by atoms with Gasteiger partial charge in [-0.2, -0.15) is 0 Å². The van der Waals surface area contributed by atoms with Gasteiger partial charge in [0.25, 0.3) is 0 Å². The molecule has 0 saturated carbocycles. The molecule has 7 aromatic carbocycles. The predicted molar refractivity (Wildman–Crippen MR) is 192 cm³/mol. The van der Waals surface area contributed by atoms with Gasteiger partial charge in [-0.15, -0.1) is 0 Å². The molecule has 0 atom stereocenters. The van der Waals surface area contributed by atoms with Crippen LogP contribution in [0.3, 0.4) is 0 Å². The van der Waals surface area contributed by atoms with Crippen LogP contribution in [0.5, 0.6) is 0 Å². The molecule has 220 valence electrons. The highest BCUT2D eigenvalue weighted by Gasteiger charge is 2.46. The van der Waals surface area contributed by atoms with E-state index in [0.29, 0.717) is 11.0 Å². The number of fused-ring (bicyclic) bond motifs is 10. The van der Waals surface area contributed by atoms with Crippen LogP contribution >= 0.6 is 0 Å². The first-order valence-electron chi connectivity index (χ1n) is 16.0. The van der Waals surface area contributed by atoms with E-state index in [2.05, 4.69) is 144 Å². The molecule has 0 radical (unpaired) electrons. The Morgan fingerprint density at radius 2 is 1.06 bits per heavy atom. The number of rotatable bonds is 3. The van der Waals surface area contributed by atoms with Gasteiger partial charge in [-0.1, -0.05) is 133 Å². The molecule has 0 saturated heterocycles. The Bertz CT molecular complexity index is 2710. The first-order valence-corrected chi connectivity index (χ1v) is 16.0. The van der Waals surface area contributed by atoms with Crippen LogP contribution in [0.4, 0.5) is 0 Å². The molecule has 3 heteroatoms. The van der Waals surface area contributed by atoms with Gasteiger partial charge in [0.05, 0.1) is 21.8 Å². The van der Waals surface area contributed by atoms with Crippen molar-refractivity contribution in [3.63, 3.8) is 0 Å². The van der Waals surface area contributed by atoms with Crippen molar-refractivity contribution in [2.45, 2.75) is 5.41 Å². The second-order valence-corrected chi connectivity index (χ2v) is 12.4. The van der Waals surface area contributed by atoms with Crippen molar-refractivity contribution < 1.29 is 4.42 Å². The third-order valence-electron chi connectivity index (χ3n) is 10.1. The standard InChI is InChI=1S/C44H27NO2/c46-43-36-20-8-7-17-31(36)35-25-24-34-33-19-10-12-22-40(33)45(41(34)42(35)47-43)30-23-26-39-37(27-30)32-18-9-11-21-38(32)44(39,28-13-3-1-4-14-28)29-15-5-2-6-16-29/h1-27H. The number of benzene rings is 7. The molecule has 0 aliphatic heterocycles. The van der Waals surface area contributed by atoms with Gasteiger partial charge in [0.15, 0.2) is 5.58 Å². The summed E-state index contributed by atoms with van der Waals surface area (Å²) >= 11 is 0. The fourth-order valence-electron chi connectivity index (χ4n) is 8.23. The number of hydrogen-bond donors (Lipinski definition) is 0. The molecule has 0 amide bonds.